The molecule has 0 aromatic heterocycles. The van der Waals surface area contributed by atoms with Crippen molar-refractivity contribution in [2.45, 2.75) is 20.3 Å². The van der Waals surface area contributed by atoms with E-state index < -0.39 is 5.97 Å². The van der Waals surface area contributed by atoms with Gasteiger partial charge in [0.15, 0.2) is 0 Å². The summed E-state index contributed by atoms with van der Waals surface area (Å²) in [6, 6.07) is 1.57. The average molecular weight is 243 g/mol. The maximum atomic E-state index is 11.5. The van der Waals surface area contributed by atoms with Gasteiger partial charge in [-0.1, -0.05) is 0 Å². The smallest absolute Gasteiger partial charge is 0.341 e. The number of benzene rings is 1. The number of alkyl halides is 1. The molecule has 0 saturated heterocycles. The highest BCUT2D eigenvalue weighted by Crippen LogP contribution is 2.28. The quantitative estimate of drug-likeness (QED) is 0.655. The predicted molar refractivity (Wildman–Crippen MR) is 63.3 cm³/mol. The molecule has 0 atom stereocenters. The van der Waals surface area contributed by atoms with Crippen LogP contribution in [0.5, 0.6) is 5.75 Å². The van der Waals surface area contributed by atoms with Crippen LogP contribution in [-0.4, -0.2) is 24.1 Å². The second-order valence-electron chi connectivity index (χ2n) is 3.62. The SMILES string of the molecule is COC(=O)c1c(O)cc(C)c(CCCl)c1C. The highest BCUT2D eigenvalue weighted by Gasteiger charge is 2.18. The molecule has 0 unspecified atom stereocenters. The molecule has 0 fully saturated rings. The number of rotatable bonds is 3. The highest BCUT2D eigenvalue weighted by atomic mass is 35.5. The molecular formula is C12H15ClO3. The van der Waals surface area contributed by atoms with Crippen LogP contribution >= 0.6 is 11.6 Å². The molecule has 1 rings (SSSR count). The van der Waals surface area contributed by atoms with Gasteiger partial charge in [-0.3, -0.25) is 0 Å². The molecule has 0 heterocycles. The van der Waals surface area contributed by atoms with Crippen LogP contribution in [0.3, 0.4) is 0 Å². The first kappa shape index (κ1) is 12.8. The van der Waals surface area contributed by atoms with E-state index in [0.29, 0.717) is 12.3 Å². The third-order valence-electron chi connectivity index (χ3n) is 2.65. The number of phenolic OH excluding ortho intramolecular Hbond substituents is 1. The summed E-state index contributed by atoms with van der Waals surface area (Å²) in [5.41, 5.74) is 2.90. The van der Waals surface area contributed by atoms with Crippen LogP contribution in [0.15, 0.2) is 6.07 Å². The number of aromatic hydroxyl groups is 1. The van der Waals surface area contributed by atoms with E-state index >= 15 is 0 Å². The molecule has 0 radical (unpaired) electrons. The van der Waals surface area contributed by atoms with E-state index in [1.807, 2.05) is 6.92 Å². The number of ether oxygens (including phenoxy) is 1. The van der Waals surface area contributed by atoms with Crippen molar-refractivity contribution in [1.82, 2.24) is 0 Å². The van der Waals surface area contributed by atoms with Gasteiger partial charge in [-0.15, -0.1) is 11.6 Å². The summed E-state index contributed by atoms with van der Waals surface area (Å²) in [7, 11) is 1.29. The number of aryl methyl sites for hydroxylation is 1. The van der Waals surface area contributed by atoms with Crippen molar-refractivity contribution < 1.29 is 14.6 Å². The molecule has 0 aliphatic rings. The van der Waals surface area contributed by atoms with Crippen molar-refractivity contribution in [2.75, 3.05) is 13.0 Å². The minimum atomic E-state index is -0.522. The summed E-state index contributed by atoms with van der Waals surface area (Å²) < 4.78 is 4.64. The van der Waals surface area contributed by atoms with E-state index in [-0.39, 0.29) is 11.3 Å². The van der Waals surface area contributed by atoms with Crippen LogP contribution in [0.1, 0.15) is 27.0 Å². The minimum Gasteiger partial charge on any atom is -0.507 e. The number of hydrogen-bond donors (Lipinski definition) is 1. The zero-order chi connectivity index (χ0) is 12.3. The van der Waals surface area contributed by atoms with Crippen molar-refractivity contribution in [3.05, 3.63) is 28.3 Å². The molecule has 0 aliphatic carbocycles. The van der Waals surface area contributed by atoms with Crippen LogP contribution in [0.25, 0.3) is 0 Å². The van der Waals surface area contributed by atoms with Gasteiger partial charge in [0.2, 0.25) is 0 Å². The summed E-state index contributed by atoms with van der Waals surface area (Å²) in [6.45, 7) is 3.68. The summed E-state index contributed by atoms with van der Waals surface area (Å²) in [6.07, 6.45) is 0.670. The van der Waals surface area contributed by atoms with Gasteiger partial charge < -0.3 is 9.84 Å². The van der Waals surface area contributed by atoms with E-state index in [2.05, 4.69) is 4.74 Å². The lowest BCUT2D eigenvalue weighted by Crippen LogP contribution is -2.08. The second kappa shape index (κ2) is 5.21. The number of carbonyl (C=O) groups is 1. The molecule has 0 spiro atoms. The molecule has 1 N–H and O–H groups in total. The average Bonchev–Trinajstić information content (AvgIpc) is 2.23. The molecule has 0 aliphatic heterocycles. The first-order valence-corrected chi connectivity index (χ1v) is 5.52. The molecule has 88 valence electrons. The van der Waals surface area contributed by atoms with E-state index in [1.165, 1.54) is 7.11 Å². The maximum absolute atomic E-state index is 11.5. The van der Waals surface area contributed by atoms with Crippen molar-refractivity contribution in [2.24, 2.45) is 0 Å². The molecule has 0 bridgehead atoms. The van der Waals surface area contributed by atoms with Gasteiger partial charge in [0.25, 0.3) is 0 Å². The molecule has 0 saturated carbocycles. The van der Waals surface area contributed by atoms with Crippen molar-refractivity contribution >= 4 is 17.6 Å². The Balaban J connectivity index is 3.38. The highest BCUT2D eigenvalue weighted by molar-refractivity contribution is 6.18. The largest absolute Gasteiger partial charge is 0.507 e. The molecule has 3 nitrogen and oxygen atoms in total. The van der Waals surface area contributed by atoms with Crippen molar-refractivity contribution in [3.63, 3.8) is 0 Å². The summed E-state index contributed by atoms with van der Waals surface area (Å²) in [5, 5.41) is 9.73. The number of methoxy groups -OCH3 is 1. The fraction of sp³-hybridized carbons (Fsp3) is 0.417. The van der Waals surface area contributed by atoms with E-state index in [4.69, 9.17) is 11.6 Å². The van der Waals surface area contributed by atoms with Gasteiger partial charge in [-0.05, 0) is 43.0 Å². The molecule has 1 aromatic rings. The van der Waals surface area contributed by atoms with Gasteiger partial charge >= 0.3 is 5.97 Å². The Bertz CT molecular complexity index is 413. The molecule has 4 heteroatoms. The van der Waals surface area contributed by atoms with Crippen LogP contribution in [0.2, 0.25) is 0 Å². The number of phenols is 1. The fourth-order valence-corrected chi connectivity index (χ4v) is 2.03. The first-order valence-electron chi connectivity index (χ1n) is 4.99. The second-order valence-corrected chi connectivity index (χ2v) is 4.00. The number of halogens is 1. The lowest BCUT2D eigenvalue weighted by molar-refractivity contribution is 0.0596. The summed E-state index contributed by atoms with van der Waals surface area (Å²) >= 11 is 5.71. The normalized spacial score (nSPS) is 10.2. The topological polar surface area (TPSA) is 46.5 Å². The summed E-state index contributed by atoms with van der Waals surface area (Å²) in [4.78, 5) is 11.5. The maximum Gasteiger partial charge on any atom is 0.341 e. The van der Waals surface area contributed by atoms with Gasteiger partial charge in [0, 0.05) is 5.88 Å². The Kier molecular flexibility index (Phi) is 4.19. The number of esters is 1. The first-order chi connectivity index (χ1) is 7.52. The van der Waals surface area contributed by atoms with Crippen LogP contribution in [0.4, 0.5) is 0 Å². The van der Waals surface area contributed by atoms with Gasteiger partial charge in [-0.25, -0.2) is 4.79 Å². The molecular weight excluding hydrogens is 228 g/mol. The zero-order valence-corrected chi connectivity index (χ0v) is 10.4. The van der Waals surface area contributed by atoms with Crippen LogP contribution in [0, 0.1) is 13.8 Å². The Morgan fingerprint density at radius 1 is 1.50 bits per heavy atom. The Hall–Kier alpha value is -1.22. The lowest BCUT2D eigenvalue weighted by Gasteiger charge is -2.14. The fourth-order valence-electron chi connectivity index (χ4n) is 1.84. The van der Waals surface area contributed by atoms with Crippen molar-refractivity contribution in [3.8, 4) is 5.75 Å². The van der Waals surface area contributed by atoms with Gasteiger partial charge in [0.05, 0.1) is 7.11 Å². The number of carbonyl (C=O) groups excluding carboxylic acids is 1. The van der Waals surface area contributed by atoms with Gasteiger partial charge in [-0.2, -0.15) is 0 Å². The lowest BCUT2D eigenvalue weighted by atomic mass is 9.95. The molecule has 16 heavy (non-hydrogen) atoms. The minimum absolute atomic E-state index is 0.0415. The van der Waals surface area contributed by atoms with E-state index in [1.54, 1.807) is 13.0 Å². The third-order valence-corrected chi connectivity index (χ3v) is 2.84. The monoisotopic (exact) mass is 242 g/mol. The Morgan fingerprint density at radius 3 is 2.62 bits per heavy atom. The van der Waals surface area contributed by atoms with E-state index in [9.17, 15) is 9.90 Å². The van der Waals surface area contributed by atoms with Crippen molar-refractivity contribution in [1.29, 1.82) is 0 Å². The van der Waals surface area contributed by atoms with Crippen LogP contribution in [-0.2, 0) is 11.2 Å². The Labute approximate surface area is 100.0 Å². The summed E-state index contributed by atoms with van der Waals surface area (Å²) in [5.74, 6) is -0.0847. The zero-order valence-electron chi connectivity index (χ0n) is 9.63. The third kappa shape index (κ3) is 2.30. The van der Waals surface area contributed by atoms with Crippen LogP contribution < -0.4 is 0 Å². The molecule has 1 aromatic carbocycles. The Morgan fingerprint density at radius 2 is 2.12 bits per heavy atom. The van der Waals surface area contributed by atoms with Gasteiger partial charge in [0.1, 0.15) is 11.3 Å². The van der Waals surface area contributed by atoms with E-state index in [0.717, 1.165) is 16.7 Å². The standard InChI is InChI=1S/C12H15ClO3/c1-7-6-10(14)11(12(15)16-3)8(2)9(7)4-5-13/h6,14H,4-5H2,1-3H3. The number of hydrogen-bond acceptors (Lipinski definition) is 3. The molecule has 0 amide bonds. The predicted octanol–water partition coefficient (Wildman–Crippen LogP) is 2.58.